The van der Waals surface area contributed by atoms with Gasteiger partial charge in [0.15, 0.2) is 0 Å². The van der Waals surface area contributed by atoms with E-state index in [9.17, 15) is 9.90 Å². The van der Waals surface area contributed by atoms with Crippen molar-refractivity contribution in [3.05, 3.63) is 86.0 Å². The maximum Gasteiger partial charge on any atom is 0.408 e. The number of hydrogen-bond donors (Lipinski definition) is 2. The van der Waals surface area contributed by atoms with Crippen LogP contribution < -0.4 is 15.7 Å². The second-order valence-corrected chi connectivity index (χ2v) is 15.0. The molecule has 3 atom stereocenters. The van der Waals surface area contributed by atoms with Gasteiger partial charge in [-0.3, -0.25) is 0 Å². The summed E-state index contributed by atoms with van der Waals surface area (Å²) in [5.41, 5.74) is -0.680. The van der Waals surface area contributed by atoms with Crippen molar-refractivity contribution < 1.29 is 19.1 Å². The highest BCUT2D eigenvalue weighted by atomic mass is 28.4. The Morgan fingerprint density at radius 3 is 1.83 bits per heavy atom. The summed E-state index contributed by atoms with van der Waals surface area (Å²) >= 11 is 0. The van der Waals surface area contributed by atoms with Crippen LogP contribution in [0.2, 0.25) is 5.04 Å². The van der Waals surface area contributed by atoms with Gasteiger partial charge in [0, 0.05) is 0 Å². The van der Waals surface area contributed by atoms with Crippen LogP contribution in [0.3, 0.4) is 0 Å². The molecule has 0 radical (unpaired) electrons. The van der Waals surface area contributed by atoms with E-state index in [2.05, 4.69) is 63.5 Å². The summed E-state index contributed by atoms with van der Waals surface area (Å²) < 4.78 is 12.6. The number of aliphatic hydroxyl groups is 1. The van der Waals surface area contributed by atoms with Crippen LogP contribution in [-0.2, 0) is 9.16 Å². The average Bonchev–Trinajstić information content (AvgIpc) is 2.78. The topological polar surface area (TPSA) is 67.8 Å². The molecule has 2 rings (SSSR count). The highest BCUT2D eigenvalue weighted by Gasteiger charge is 2.52. The molecule has 2 aromatic rings. The van der Waals surface area contributed by atoms with Crippen LogP contribution >= 0.6 is 0 Å². The molecular weight excluding hydrogens is 454 g/mol. The average molecular weight is 496 g/mol. The van der Waals surface area contributed by atoms with Crippen molar-refractivity contribution in [2.24, 2.45) is 0 Å². The van der Waals surface area contributed by atoms with Crippen molar-refractivity contribution >= 4 is 24.8 Å². The molecule has 35 heavy (non-hydrogen) atoms. The Hall–Kier alpha value is -2.67. The van der Waals surface area contributed by atoms with Crippen molar-refractivity contribution in [1.29, 1.82) is 0 Å². The molecule has 1 amide bonds. The van der Waals surface area contributed by atoms with Gasteiger partial charge in [0.25, 0.3) is 8.32 Å². The lowest BCUT2D eigenvalue weighted by molar-refractivity contribution is 0.0285. The summed E-state index contributed by atoms with van der Waals surface area (Å²) in [5.74, 6) is 0. The van der Waals surface area contributed by atoms with Crippen LogP contribution in [0.5, 0.6) is 0 Å². The molecule has 0 spiro atoms. The number of aliphatic hydroxyl groups excluding tert-OH is 1. The largest absolute Gasteiger partial charge is 0.444 e. The predicted octanol–water partition coefficient (Wildman–Crippen LogP) is 4.95. The lowest BCUT2D eigenvalue weighted by Crippen LogP contribution is -2.69. The van der Waals surface area contributed by atoms with Crippen molar-refractivity contribution in [3.8, 4) is 0 Å². The molecule has 6 heteroatoms. The number of nitrogens with one attached hydrogen (secondary N) is 1. The zero-order chi connectivity index (χ0) is 26.3. The maximum absolute atomic E-state index is 12.8. The SMILES string of the molecule is C=CC[C@H](O)[C@H](NC(=O)OC(C)(C)C)[C@@H](C=C)O[Si](c1ccccc1)(c1ccccc1)C(C)(C)C. The Labute approximate surface area is 212 Å². The maximum atomic E-state index is 12.8. The molecule has 0 saturated carbocycles. The zero-order valence-electron chi connectivity index (χ0n) is 22.0. The number of carbonyl (C=O) groups is 1. The lowest BCUT2D eigenvalue weighted by Gasteiger charge is -2.46. The first-order valence-electron chi connectivity index (χ1n) is 12.1. The number of alkyl carbamates (subject to hydrolysis) is 1. The van der Waals surface area contributed by atoms with E-state index in [4.69, 9.17) is 9.16 Å². The second-order valence-electron chi connectivity index (χ2n) is 10.7. The fraction of sp³-hybridized carbons (Fsp3) is 0.414. The third-order valence-corrected chi connectivity index (χ3v) is 10.9. The van der Waals surface area contributed by atoms with Gasteiger partial charge in [-0.25, -0.2) is 4.79 Å². The summed E-state index contributed by atoms with van der Waals surface area (Å²) in [7, 11) is -2.96. The molecule has 0 aliphatic rings. The van der Waals surface area contributed by atoms with Crippen LogP contribution in [0.1, 0.15) is 48.0 Å². The first kappa shape index (κ1) is 28.6. The van der Waals surface area contributed by atoms with Crippen LogP contribution in [0.4, 0.5) is 4.79 Å². The Bertz CT molecular complexity index is 924. The van der Waals surface area contributed by atoms with E-state index >= 15 is 0 Å². The minimum absolute atomic E-state index is 0.273. The third-order valence-electron chi connectivity index (χ3n) is 5.82. The summed E-state index contributed by atoms with van der Waals surface area (Å²) in [6.45, 7) is 19.7. The van der Waals surface area contributed by atoms with Crippen molar-refractivity contribution in [1.82, 2.24) is 5.32 Å². The van der Waals surface area contributed by atoms with Crippen LogP contribution in [0.25, 0.3) is 0 Å². The molecule has 5 nitrogen and oxygen atoms in total. The molecule has 0 unspecified atom stereocenters. The molecule has 0 aliphatic carbocycles. The van der Waals surface area contributed by atoms with Gasteiger partial charge in [0.1, 0.15) is 5.60 Å². The number of carbonyl (C=O) groups excluding carboxylic acids is 1. The van der Waals surface area contributed by atoms with Gasteiger partial charge >= 0.3 is 6.09 Å². The summed E-state index contributed by atoms with van der Waals surface area (Å²) in [6.07, 6.45) is 1.30. The summed E-state index contributed by atoms with van der Waals surface area (Å²) in [6, 6.07) is 19.6. The molecule has 0 aromatic heterocycles. The highest BCUT2D eigenvalue weighted by Crippen LogP contribution is 2.38. The zero-order valence-corrected chi connectivity index (χ0v) is 23.0. The minimum atomic E-state index is -2.96. The number of rotatable bonds is 10. The molecule has 190 valence electrons. The molecule has 0 heterocycles. The fourth-order valence-corrected chi connectivity index (χ4v) is 8.99. The summed E-state index contributed by atoms with van der Waals surface area (Å²) in [4.78, 5) is 12.8. The standard InChI is InChI=1S/C29H41NO4Si/c1-9-17-24(31)26(30-27(32)33-28(3,4)5)25(10-2)34-35(29(6,7)8,22-18-13-11-14-19-22)23-20-15-12-16-21-23/h9-16,18-21,24-26,31H,1-2,17H2,3-8H3,(H,30,32)/t24-,25+,26-/m0/s1. The number of amides is 1. The van der Waals surface area contributed by atoms with Gasteiger partial charge in [0.05, 0.1) is 18.2 Å². The summed E-state index contributed by atoms with van der Waals surface area (Å²) in [5, 5.41) is 15.8. The number of ether oxygens (including phenoxy) is 1. The molecule has 0 bridgehead atoms. The van der Waals surface area contributed by atoms with Gasteiger partial charge in [-0.15, -0.1) is 13.2 Å². The van der Waals surface area contributed by atoms with Crippen LogP contribution in [0.15, 0.2) is 86.0 Å². The lowest BCUT2D eigenvalue weighted by atomic mass is 10.0. The van der Waals surface area contributed by atoms with Gasteiger partial charge in [-0.05, 0) is 42.6 Å². The van der Waals surface area contributed by atoms with Gasteiger partial charge in [-0.2, -0.15) is 0 Å². The van der Waals surface area contributed by atoms with E-state index in [1.165, 1.54) is 0 Å². The van der Waals surface area contributed by atoms with Gasteiger partial charge in [-0.1, -0.05) is 93.6 Å². The van der Waals surface area contributed by atoms with E-state index < -0.39 is 38.3 Å². The van der Waals surface area contributed by atoms with Crippen LogP contribution in [0, 0.1) is 0 Å². The van der Waals surface area contributed by atoms with E-state index in [1.54, 1.807) is 32.9 Å². The van der Waals surface area contributed by atoms with Crippen molar-refractivity contribution in [3.63, 3.8) is 0 Å². The Balaban J connectivity index is 2.64. The van der Waals surface area contributed by atoms with E-state index in [-0.39, 0.29) is 11.5 Å². The normalized spacial score (nSPS) is 14.9. The molecule has 0 saturated heterocycles. The Morgan fingerprint density at radius 1 is 0.971 bits per heavy atom. The number of benzene rings is 2. The van der Waals surface area contributed by atoms with Crippen molar-refractivity contribution in [2.45, 2.75) is 76.9 Å². The fourth-order valence-electron chi connectivity index (χ4n) is 4.32. The van der Waals surface area contributed by atoms with Gasteiger partial charge < -0.3 is 19.6 Å². The molecule has 2 N–H and O–H groups in total. The monoisotopic (exact) mass is 495 g/mol. The Morgan fingerprint density at radius 2 is 1.46 bits per heavy atom. The molecule has 0 aliphatic heterocycles. The molecular formula is C29H41NO4Si. The van der Waals surface area contributed by atoms with E-state index in [0.717, 1.165) is 10.4 Å². The predicted molar refractivity (Wildman–Crippen MR) is 147 cm³/mol. The van der Waals surface area contributed by atoms with Crippen LogP contribution in [-0.4, -0.2) is 43.4 Å². The highest BCUT2D eigenvalue weighted by molar-refractivity contribution is 6.99. The number of hydrogen-bond acceptors (Lipinski definition) is 4. The van der Waals surface area contributed by atoms with E-state index in [0.29, 0.717) is 0 Å². The van der Waals surface area contributed by atoms with Gasteiger partial charge in [0.2, 0.25) is 0 Å². The second kappa shape index (κ2) is 11.8. The first-order chi connectivity index (χ1) is 16.4. The molecule has 0 fully saturated rings. The minimum Gasteiger partial charge on any atom is -0.444 e. The third kappa shape index (κ3) is 7.16. The smallest absolute Gasteiger partial charge is 0.408 e. The van der Waals surface area contributed by atoms with Crippen molar-refractivity contribution in [2.75, 3.05) is 0 Å². The quantitative estimate of drug-likeness (QED) is 0.362. The first-order valence-corrected chi connectivity index (χ1v) is 14.0. The molecule has 2 aromatic carbocycles. The Kier molecular flexibility index (Phi) is 9.66. The van der Waals surface area contributed by atoms with E-state index in [1.807, 2.05) is 36.4 Å².